The largest absolute Gasteiger partial charge is 0.465 e. The highest BCUT2D eigenvalue weighted by atomic mass is 16.6. The van der Waals surface area contributed by atoms with E-state index in [-0.39, 0.29) is 5.69 Å². The molecule has 0 unspecified atom stereocenters. The van der Waals surface area contributed by atoms with E-state index in [0.717, 1.165) is 0 Å². The first-order valence-corrected chi connectivity index (χ1v) is 5.30. The van der Waals surface area contributed by atoms with Crippen LogP contribution in [0, 0.1) is 17.0 Å². The number of aryl methyl sites for hydroxylation is 1. The quantitative estimate of drug-likeness (QED) is 0.463. The van der Waals surface area contributed by atoms with Crippen molar-refractivity contribution in [3.8, 4) is 0 Å². The number of esters is 1. The SMILES string of the molecule is COC(=O)c1ccc2c([N+](=O)[O-])c(C)ccc2c1. The first kappa shape index (κ1) is 12.0. The van der Waals surface area contributed by atoms with Crippen LogP contribution in [-0.2, 0) is 4.74 Å². The summed E-state index contributed by atoms with van der Waals surface area (Å²) in [6, 6.07) is 8.12. The second-order valence-corrected chi connectivity index (χ2v) is 3.92. The molecule has 0 saturated heterocycles. The molecular weight excluding hydrogens is 234 g/mol. The molecule has 5 heteroatoms. The molecule has 0 spiro atoms. The minimum atomic E-state index is -0.458. The molecule has 0 amide bonds. The second-order valence-electron chi connectivity index (χ2n) is 3.92. The van der Waals surface area contributed by atoms with Crippen molar-refractivity contribution in [2.75, 3.05) is 7.11 Å². The number of hydrogen-bond acceptors (Lipinski definition) is 4. The van der Waals surface area contributed by atoms with E-state index in [4.69, 9.17) is 0 Å². The van der Waals surface area contributed by atoms with E-state index in [2.05, 4.69) is 4.74 Å². The van der Waals surface area contributed by atoms with Crippen LogP contribution < -0.4 is 0 Å². The molecular formula is C13H11NO4. The molecule has 0 radical (unpaired) electrons. The number of ether oxygens (including phenoxy) is 1. The molecule has 0 N–H and O–H groups in total. The Bertz CT molecular complexity index is 649. The molecule has 0 aliphatic rings. The summed E-state index contributed by atoms with van der Waals surface area (Å²) in [5.74, 6) is -0.458. The van der Waals surface area contributed by atoms with Crippen molar-refractivity contribution in [3.63, 3.8) is 0 Å². The van der Waals surface area contributed by atoms with Crippen LogP contribution in [0.4, 0.5) is 5.69 Å². The van der Waals surface area contributed by atoms with E-state index < -0.39 is 10.9 Å². The number of nitro groups is 1. The first-order chi connectivity index (χ1) is 8.54. The van der Waals surface area contributed by atoms with Gasteiger partial charge in [0.25, 0.3) is 5.69 Å². The minimum absolute atomic E-state index is 0.0731. The number of benzene rings is 2. The fraction of sp³-hybridized carbons (Fsp3) is 0.154. The van der Waals surface area contributed by atoms with Crippen LogP contribution in [0.3, 0.4) is 0 Å². The van der Waals surface area contributed by atoms with Crippen LogP contribution in [0.2, 0.25) is 0 Å². The van der Waals surface area contributed by atoms with Crippen LogP contribution in [0.1, 0.15) is 15.9 Å². The molecule has 0 heterocycles. The molecule has 92 valence electrons. The van der Waals surface area contributed by atoms with Crippen LogP contribution in [0.5, 0.6) is 0 Å². The average molecular weight is 245 g/mol. The van der Waals surface area contributed by atoms with Crippen LogP contribution >= 0.6 is 0 Å². The molecule has 2 aromatic rings. The lowest BCUT2D eigenvalue weighted by Gasteiger charge is -2.04. The molecule has 0 aliphatic carbocycles. The maximum absolute atomic E-state index is 11.4. The highest BCUT2D eigenvalue weighted by Gasteiger charge is 2.16. The highest BCUT2D eigenvalue weighted by Crippen LogP contribution is 2.29. The monoisotopic (exact) mass is 245 g/mol. The minimum Gasteiger partial charge on any atom is -0.465 e. The topological polar surface area (TPSA) is 69.4 Å². The second kappa shape index (κ2) is 4.44. The van der Waals surface area contributed by atoms with Gasteiger partial charge in [-0.2, -0.15) is 0 Å². The summed E-state index contributed by atoms with van der Waals surface area (Å²) >= 11 is 0. The third-order valence-corrected chi connectivity index (χ3v) is 2.80. The Balaban J connectivity index is 2.71. The third-order valence-electron chi connectivity index (χ3n) is 2.80. The normalized spacial score (nSPS) is 10.3. The van der Waals surface area contributed by atoms with Crippen molar-refractivity contribution in [3.05, 3.63) is 51.6 Å². The summed E-state index contributed by atoms with van der Waals surface area (Å²) < 4.78 is 4.61. The molecule has 0 aromatic heterocycles. The Morgan fingerprint density at radius 1 is 1.28 bits per heavy atom. The number of fused-ring (bicyclic) bond motifs is 1. The Hall–Kier alpha value is -2.43. The number of methoxy groups -OCH3 is 1. The van der Waals surface area contributed by atoms with Crippen molar-refractivity contribution in [2.24, 2.45) is 0 Å². The van der Waals surface area contributed by atoms with Crippen molar-refractivity contribution < 1.29 is 14.5 Å². The van der Waals surface area contributed by atoms with Crippen molar-refractivity contribution in [1.29, 1.82) is 0 Å². The smallest absolute Gasteiger partial charge is 0.337 e. The third kappa shape index (κ3) is 1.90. The van der Waals surface area contributed by atoms with Crippen molar-refractivity contribution in [1.82, 2.24) is 0 Å². The van der Waals surface area contributed by atoms with Gasteiger partial charge in [-0.1, -0.05) is 12.1 Å². The van der Waals surface area contributed by atoms with E-state index in [1.165, 1.54) is 13.2 Å². The number of carbonyl (C=O) groups is 1. The van der Waals surface area contributed by atoms with E-state index >= 15 is 0 Å². The molecule has 0 bridgehead atoms. The van der Waals surface area contributed by atoms with E-state index in [9.17, 15) is 14.9 Å². The molecule has 18 heavy (non-hydrogen) atoms. The zero-order chi connectivity index (χ0) is 13.3. The predicted molar refractivity (Wildman–Crippen MR) is 66.7 cm³/mol. The summed E-state index contributed by atoms with van der Waals surface area (Å²) in [4.78, 5) is 22.0. The lowest BCUT2D eigenvalue weighted by molar-refractivity contribution is -0.383. The molecule has 5 nitrogen and oxygen atoms in total. The average Bonchev–Trinajstić information content (AvgIpc) is 2.36. The Labute approximate surface area is 103 Å². The van der Waals surface area contributed by atoms with Crippen LogP contribution in [0.25, 0.3) is 10.8 Å². The zero-order valence-electron chi connectivity index (χ0n) is 9.97. The van der Waals surface area contributed by atoms with E-state index in [1.54, 1.807) is 31.2 Å². The lowest BCUT2D eigenvalue weighted by atomic mass is 10.0. The zero-order valence-corrected chi connectivity index (χ0v) is 9.97. The summed E-state index contributed by atoms with van der Waals surface area (Å²) in [5, 5.41) is 12.2. The summed E-state index contributed by atoms with van der Waals surface area (Å²) in [7, 11) is 1.30. The summed E-state index contributed by atoms with van der Waals surface area (Å²) in [6.07, 6.45) is 0. The van der Waals surface area contributed by atoms with Gasteiger partial charge in [0.1, 0.15) is 0 Å². The summed E-state index contributed by atoms with van der Waals surface area (Å²) in [5.41, 5.74) is 1.05. The molecule has 2 rings (SSSR count). The van der Waals surface area contributed by atoms with E-state index in [0.29, 0.717) is 21.9 Å². The van der Waals surface area contributed by atoms with Gasteiger partial charge < -0.3 is 4.74 Å². The number of nitro benzene ring substituents is 1. The number of nitrogens with zero attached hydrogens (tertiary/aromatic N) is 1. The molecule has 2 aromatic carbocycles. The Morgan fingerprint density at radius 2 is 2.00 bits per heavy atom. The van der Waals surface area contributed by atoms with Gasteiger partial charge in [0.05, 0.1) is 23.0 Å². The number of hydrogen-bond donors (Lipinski definition) is 0. The van der Waals surface area contributed by atoms with Crippen LogP contribution in [0.15, 0.2) is 30.3 Å². The van der Waals surface area contributed by atoms with Crippen LogP contribution in [-0.4, -0.2) is 18.0 Å². The van der Waals surface area contributed by atoms with E-state index in [1.807, 2.05) is 0 Å². The van der Waals surface area contributed by atoms with Gasteiger partial charge in [0.15, 0.2) is 0 Å². The Kier molecular flexibility index (Phi) is 2.97. The Morgan fingerprint density at radius 3 is 2.61 bits per heavy atom. The van der Waals surface area contributed by atoms with Gasteiger partial charge in [-0.15, -0.1) is 0 Å². The fourth-order valence-corrected chi connectivity index (χ4v) is 1.91. The molecule has 0 fully saturated rings. The van der Waals surface area contributed by atoms with Gasteiger partial charge in [0, 0.05) is 5.56 Å². The maximum Gasteiger partial charge on any atom is 0.337 e. The fourth-order valence-electron chi connectivity index (χ4n) is 1.91. The molecule has 0 aliphatic heterocycles. The standard InChI is InChI=1S/C13H11NO4/c1-8-3-4-9-7-10(13(15)18-2)5-6-11(9)12(8)14(16)17/h3-7H,1-2H3. The van der Waals surface area contributed by atoms with Gasteiger partial charge in [-0.3, -0.25) is 10.1 Å². The summed E-state index contributed by atoms with van der Waals surface area (Å²) in [6.45, 7) is 1.69. The lowest BCUT2D eigenvalue weighted by Crippen LogP contribution is -2.01. The molecule has 0 saturated carbocycles. The number of carbonyl (C=O) groups excluding carboxylic acids is 1. The van der Waals surface area contributed by atoms with Gasteiger partial charge in [-0.25, -0.2) is 4.79 Å². The van der Waals surface area contributed by atoms with Gasteiger partial charge >= 0.3 is 5.97 Å². The first-order valence-electron chi connectivity index (χ1n) is 5.30. The number of rotatable bonds is 2. The van der Waals surface area contributed by atoms with Gasteiger partial charge in [0.2, 0.25) is 0 Å². The van der Waals surface area contributed by atoms with Crippen molar-refractivity contribution in [2.45, 2.75) is 6.92 Å². The van der Waals surface area contributed by atoms with Crippen molar-refractivity contribution >= 4 is 22.4 Å². The molecule has 0 atom stereocenters. The maximum atomic E-state index is 11.4. The highest BCUT2D eigenvalue weighted by molar-refractivity contribution is 5.98. The van der Waals surface area contributed by atoms with Gasteiger partial charge in [-0.05, 0) is 30.5 Å². The predicted octanol–water partition coefficient (Wildman–Crippen LogP) is 2.84.